The number of anilines is 1. The molecule has 1 N–H and O–H groups in total. The molecule has 1 heterocycles. The topological polar surface area (TPSA) is 86.8 Å². The second-order valence-electron chi connectivity index (χ2n) is 5.20. The lowest BCUT2D eigenvalue weighted by atomic mass is 10.3. The normalized spacial score (nSPS) is 11.3. The highest BCUT2D eigenvalue weighted by molar-refractivity contribution is 7.93. The van der Waals surface area contributed by atoms with Gasteiger partial charge in [0.25, 0.3) is 10.0 Å². The van der Waals surface area contributed by atoms with Crippen LogP contribution in [0.5, 0.6) is 17.2 Å². The molecule has 0 atom stereocenters. The van der Waals surface area contributed by atoms with Crippen molar-refractivity contribution in [2.45, 2.75) is 11.8 Å². The summed E-state index contributed by atoms with van der Waals surface area (Å²) >= 11 is 1.23. The molecule has 138 valence electrons. The van der Waals surface area contributed by atoms with Crippen molar-refractivity contribution in [2.24, 2.45) is 0 Å². The zero-order chi connectivity index (χ0) is 18.7. The van der Waals surface area contributed by atoms with Gasteiger partial charge in [0, 0.05) is 6.07 Å². The van der Waals surface area contributed by atoms with Gasteiger partial charge < -0.3 is 14.2 Å². The molecule has 0 aliphatic heterocycles. The van der Waals surface area contributed by atoms with Gasteiger partial charge in [-0.2, -0.15) is 0 Å². The molecule has 3 rings (SSSR count). The minimum atomic E-state index is -3.86. The molecule has 0 spiro atoms. The highest BCUT2D eigenvalue weighted by Gasteiger charge is 2.22. The Kier molecular flexibility index (Phi) is 5.19. The summed E-state index contributed by atoms with van der Waals surface area (Å²) in [5.74, 6) is 1.41. The van der Waals surface area contributed by atoms with E-state index in [0.717, 1.165) is 10.4 Å². The van der Waals surface area contributed by atoms with Crippen LogP contribution < -0.4 is 18.9 Å². The first-order valence-corrected chi connectivity index (χ1v) is 10.0. The van der Waals surface area contributed by atoms with Gasteiger partial charge in [0.2, 0.25) is 0 Å². The van der Waals surface area contributed by atoms with Crippen molar-refractivity contribution in [3.05, 3.63) is 36.4 Å². The summed E-state index contributed by atoms with van der Waals surface area (Å²) in [5, 5.41) is 0.270. The standard InChI is InChI=1S/C17H18N2O5S2/c1-4-24-12-5-7-13-15(10-12)25-17(18-13)19-26(20,21)16-8-6-11(22-2)9-14(16)23-3/h5-10H,4H2,1-3H3,(H,18,19). The summed E-state index contributed by atoms with van der Waals surface area (Å²) < 4.78 is 44.5. The number of nitrogens with one attached hydrogen (secondary N) is 1. The van der Waals surface area contributed by atoms with Crippen molar-refractivity contribution >= 4 is 36.7 Å². The summed E-state index contributed by atoms with van der Waals surface area (Å²) in [5.41, 5.74) is 0.692. The lowest BCUT2D eigenvalue weighted by Gasteiger charge is -2.11. The lowest BCUT2D eigenvalue weighted by Crippen LogP contribution is -2.14. The van der Waals surface area contributed by atoms with Crippen molar-refractivity contribution in [2.75, 3.05) is 25.5 Å². The number of nitrogens with zero attached hydrogens (tertiary/aromatic N) is 1. The third kappa shape index (κ3) is 3.68. The van der Waals surface area contributed by atoms with Gasteiger partial charge in [-0.3, -0.25) is 4.72 Å². The fourth-order valence-electron chi connectivity index (χ4n) is 2.37. The van der Waals surface area contributed by atoms with Crippen molar-refractivity contribution < 1.29 is 22.6 Å². The third-order valence-electron chi connectivity index (χ3n) is 3.55. The molecule has 0 radical (unpaired) electrons. The highest BCUT2D eigenvalue weighted by Crippen LogP contribution is 2.33. The molecule has 0 saturated heterocycles. The number of thiazole rings is 1. The Morgan fingerprint density at radius 3 is 2.54 bits per heavy atom. The monoisotopic (exact) mass is 394 g/mol. The Morgan fingerprint density at radius 1 is 1.08 bits per heavy atom. The van der Waals surface area contributed by atoms with E-state index in [4.69, 9.17) is 14.2 Å². The summed E-state index contributed by atoms with van der Waals surface area (Å²) in [6.07, 6.45) is 0. The van der Waals surface area contributed by atoms with Gasteiger partial charge in [0.05, 0.1) is 31.0 Å². The predicted molar refractivity (Wildman–Crippen MR) is 101 cm³/mol. The van der Waals surface area contributed by atoms with E-state index in [1.165, 1.54) is 37.7 Å². The molecular formula is C17H18N2O5S2. The minimum Gasteiger partial charge on any atom is -0.497 e. The fourth-order valence-corrected chi connectivity index (χ4v) is 4.65. The maximum atomic E-state index is 12.7. The quantitative estimate of drug-likeness (QED) is 0.660. The molecule has 0 fully saturated rings. The van der Waals surface area contributed by atoms with Crippen LogP contribution in [0.15, 0.2) is 41.3 Å². The van der Waals surface area contributed by atoms with E-state index in [1.54, 1.807) is 18.2 Å². The second-order valence-corrected chi connectivity index (χ2v) is 7.89. The number of benzene rings is 2. The van der Waals surface area contributed by atoms with Gasteiger partial charge in [-0.25, -0.2) is 13.4 Å². The van der Waals surface area contributed by atoms with Crippen molar-refractivity contribution in [1.82, 2.24) is 4.98 Å². The molecule has 1 aromatic heterocycles. The van der Waals surface area contributed by atoms with E-state index in [9.17, 15) is 8.42 Å². The van der Waals surface area contributed by atoms with E-state index < -0.39 is 10.0 Å². The number of fused-ring (bicyclic) bond motifs is 1. The number of rotatable bonds is 7. The van der Waals surface area contributed by atoms with Crippen LogP contribution in [-0.4, -0.2) is 34.2 Å². The summed E-state index contributed by atoms with van der Waals surface area (Å²) in [4.78, 5) is 4.33. The Hall–Kier alpha value is -2.52. The first-order chi connectivity index (χ1) is 12.5. The SMILES string of the molecule is CCOc1ccc2nc(NS(=O)(=O)c3ccc(OC)cc3OC)sc2c1. The van der Waals surface area contributed by atoms with Crippen LogP contribution in [0.25, 0.3) is 10.2 Å². The number of hydrogen-bond acceptors (Lipinski definition) is 7. The first kappa shape index (κ1) is 18.3. The third-order valence-corrected chi connectivity index (χ3v) is 5.99. The molecular weight excluding hydrogens is 376 g/mol. The zero-order valence-electron chi connectivity index (χ0n) is 14.5. The Balaban J connectivity index is 1.93. The van der Waals surface area contributed by atoms with E-state index in [0.29, 0.717) is 17.9 Å². The average Bonchev–Trinajstić information content (AvgIpc) is 3.02. The minimum absolute atomic E-state index is 0.00932. The largest absolute Gasteiger partial charge is 0.497 e. The van der Waals surface area contributed by atoms with Crippen LogP contribution in [-0.2, 0) is 10.0 Å². The number of sulfonamides is 1. The van der Waals surface area contributed by atoms with Crippen LogP contribution >= 0.6 is 11.3 Å². The number of hydrogen-bond donors (Lipinski definition) is 1. The molecule has 0 aliphatic carbocycles. The molecule has 7 nitrogen and oxygen atoms in total. The van der Waals surface area contributed by atoms with Gasteiger partial charge >= 0.3 is 0 Å². The van der Waals surface area contributed by atoms with Crippen LogP contribution in [0, 0.1) is 0 Å². The second kappa shape index (κ2) is 7.38. The molecule has 0 bridgehead atoms. The van der Waals surface area contributed by atoms with Crippen molar-refractivity contribution in [3.8, 4) is 17.2 Å². The van der Waals surface area contributed by atoms with E-state index in [1.807, 2.05) is 13.0 Å². The van der Waals surface area contributed by atoms with Gasteiger partial charge in [0.1, 0.15) is 22.1 Å². The molecule has 0 aliphatic rings. The van der Waals surface area contributed by atoms with Crippen LogP contribution in [0.3, 0.4) is 0 Å². The van der Waals surface area contributed by atoms with Crippen molar-refractivity contribution in [1.29, 1.82) is 0 Å². The smallest absolute Gasteiger partial charge is 0.267 e. The molecule has 2 aromatic carbocycles. The van der Waals surface area contributed by atoms with E-state index in [2.05, 4.69) is 9.71 Å². The Bertz CT molecular complexity index is 1030. The van der Waals surface area contributed by atoms with E-state index in [-0.39, 0.29) is 15.8 Å². The maximum Gasteiger partial charge on any atom is 0.267 e. The van der Waals surface area contributed by atoms with Gasteiger partial charge in [-0.05, 0) is 37.3 Å². The van der Waals surface area contributed by atoms with Crippen LogP contribution in [0.2, 0.25) is 0 Å². The summed E-state index contributed by atoms with van der Waals surface area (Å²) in [6, 6.07) is 9.94. The fraction of sp³-hybridized carbons (Fsp3) is 0.235. The molecule has 0 unspecified atom stereocenters. The summed E-state index contributed by atoms with van der Waals surface area (Å²) in [6.45, 7) is 2.46. The van der Waals surface area contributed by atoms with E-state index >= 15 is 0 Å². The molecule has 3 aromatic rings. The van der Waals surface area contributed by atoms with Gasteiger partial charge in [0.15, 0.2) is 5.13 Å². The van der Waals surface area contributed by atoms with Gasteiger partial charge in [-0.1, -0.05) is 11.3 Å². The number of aromatic nitrogens is 1. The molecule has 0 amide bonds. The Labute approximate surface area is 155 Å². The molecule has 26 heavy (non-hydrogen) atoms. The maximum absolute atomic E-state index is 12.7. The van der Waals surface area contributed by atoms with Crippen LogP contribution in [0.1, 0.15) is 6.92 Å². The lowest BCUT2D eigenvalue weighted by molar-refractivity contribution is 0.341. The zero-order valence-corrected chi connectivity index (χ0v) is 16.1. The molecule has 9 heteroatoms. The number of ether oxygens (including phenoxy) is 3. The van der Waals surface area contributed by atoms with Crippen molar-refractivity contribution in [3.63, 3.8) is 0 Å². The van der Waals surface area contributed by atoms with Crippen LogP contribution in [0.4, 0.5) is 5.13 Å². The molecule has 0 saturated carbocycles. The predicted octanol–water partition coefficient (Wildman–Crippen LogP) is 3.51. The number of methoxy groups -OCH3 is 2. The average molecular weight is 394 g/mol. The highest BCUT2D eigenvalue weighted by atomic mass is 32.2. The Morgan fingerprint density at radius 2 is 1.85 bits per heavy atom. The first-order valence-electron chi connectivity index (χ1n) is 7.75. The van der Waals surface area contributed by atoms with Gasteiger partial charge in [-0.15, -0.1) is 0 Å². The summed E-state index contributed by atoms with van der Waals surface area (Å²) in [7, 11) is -0.961.